The highest BCUT2D eigenvalue weighted by atomic mass is 79.9. The van der Waals surface area contributed by atoms with Crippen LogP contribution in [0.5, 0.6) is 5.75 Å². The van der Waals surface area contributed by atoms with Crippen molar-refractivity contribution < 1.29 is 19.1 Å². The minimum Gasteiger partial charge on any atom is -0.489 e. The van der Waals surface area contributed by atoms with Crippen molar-refractivity contribution in [2.45, 2.75) is 13.5 Å². The zero-order valence-electron chi connectivity index (χ0n) is 15.4. The summed E-state index contributed by atoms with van der Waals surface area (Å²) in [5, 5.41) is 0. The van der Waals surface area contributed by atoms with E-state index < -0.39 is 5.97 Å². The molecule has 3 aromatic rings. The second kappa shape index (κ2) is 9.33. The number of aryl methyl sites for hydroxylation is 1. The number of carbonyl (C=O) groups is 2. The van der Waals surface area contributed by atoms with Gasteiger partial charge in [0.2, 0.25) is 0 Å². The van der Waals surface area contributed by atoms with Gasteiger partial charge in [-0.25, -0.2) is 4.79 Å². The number of Topliss-reactive ketones (excluding diaryl/α,β-unsaturated/α-hetero) is 1. The number of benzene rings is 3. The van der Waals surface area contributed by atoms with Crippen LogP contribution in [0.25, 0.3) is 0 Å². The van der Waals surface area contributed by atoms with Gasteiger partial charge in [0, 0.05) is 10.0 Å². The fourth-order valence-electron chi connectivity index (χ4n) is 2.54. The van der Waals surface area contributed by atoms with Crippen LogP contribution in [-0.2, 0) is 11.3 Å². The van der Waals surface area contributed by atoms with Gasteiger partial charge in [-0.3, -0.25) is 4.79 Å². The van der Waals surface area contributed by atoms with Gasteiger partial charge >= 0.3 is 5.97 Å². The Balaban J connectivity index is 1.51. The van der Waals surface area contributed by atoms with Crippen molar-refractivity contribution >= 4 is 27.7 Å². The van der Waals surface area contributed by atoms with Gasteiger partial charge in [0.25, 0.3) is 0 Å². The summed E-state index contributed by atoms with van der Waals surface area (Å²) in [6.07, 6.45) is 0. The lowest BCUT2D eigenvalue weighted by Crippen LogP contribution is -2.14. The number of esters is 1. The molecule has 0 aliphatic heterocycles. The Morgan fingerprint density at radius 2 is 1.57 bits per heavy atom. The molecule has 0 aliphatic rings. The van der Waals surface area contributed by atoms with Gasteiger partial charge in [-0.1, -0.05) is 52.3 Å². The Morgan fingerprint density at radius 1 is 0.893 bits per heavy atom. The van der Waals surface area contributed by atoms with Crippen LogP contribution in [0.1, 0.15) is 31.8 Å². The van der Waals surface area contributed by atoms with Crippen LogP contribution < -0.4 is 4.74 Å². The third kappa shape index (κ3) is 5.54. The van der Waals surface area contributed by atoms with E-state index in [0.717, 1.165) is 21.3 Å². The highest BCUT2D eigenvalue weighted by Gasteiger charge is 2.12. The monoisotopic (exact) mass is 438 g/mol. The molecule has 0 saturated heterocycles. The first-order valence-electron chi connectivity index (χ1n) is 8.75. The molecule has 4 nitrogen and oxygen atoms in total. The fourth-order valence-corrected chi connectivity index (χ4v) is 2.81. The zero-order valence-corrected chi connectivity index (χ0v) is 16.9. The van der Waals surface area contributed by atoms with E-state index in [-0.39, 0.29) is 12.4 Å². The minimum atomic E-state index is -0.531. The smallest absolute Gasteiger partial charge is 0.338 e. The van der Waals surface area contributed by atoms with Crippen molar-refractivity contribution in [3.63, 3.8) is 0 Å². The molecule has 0 saturated carbocycles. The van der Waals surface area contributed by atoms with Crippen LogP contribution >= 0.6 is 15.9 Å². The van der Waals surface area contributed by atoms with Gasteiger partial charge in [-0.2, -0.15) is 0 Å². The Bertz CT molecular complexity index is 963. The molecule has 0 aliphatic carbocycles. The molecule has 0 radical (unpaired) electrons. The standard InChI is InChI=1S/C23H19BrO4/c1-16-3-2-4-21(13-16)27-14-17-5-7-19(8-6-17)23(26)28-15-22(25)18-9-11-20(24)12-10-18/h2-13H,14-15H2,1H3. The van der Waals surface area contributed by atoms with E-state index in [1.165, 1.54) is 0 Å². The van der Waals surface area contributed by atoms with Gasteiger partial charge in [0.1, 0.15) is 12.4 Å². The molecule has 0 aromatic heterocycles. The van der Waals surface area contributed by atoms with Crippen molar-refractivity contribution in [3.05, 3.63) is 99.5 Å². The van der Waals surface area contributed by atoms with E-state index in [1.54, 1.807) is 36.4 Å². The molecule has 0 atom stereocenters. The average Bonchev–Trinajstić information content (AvgIpc) is 2.71. The summed E-state index contributed by atoms with van der Waals surface area (Å²) >= 11 is 3.31. The number of hydrogen-bond donors (Lipinski definition) is 0. The fraction of sp³-hybridized carbons (Fsp3) is 0.130. The molecule has 0 heterocycles. The molecule has 0 unspecified atom stereocenters. The Hall–Kier alpha value is -2.92. The van der Waals surface area contributed by atoms with E-state index >= 15 is 0 Å². The number of ether oxygens (including phenoxy) is 2. The number of hydrogen-bond acceptors (Lipinski definition) is 4. The van der Waals surface area contributed by atoms with Gasteiger partial charge in [-0.15, -0.1) is 0 Å². The largest absolute Gasteiger partial charge is 0.489 e. The van der Waals surface area contributed by atoms with Crippen LogP contribution in [0.15, 0.2) is 77.3 Å². The Kier molecular flexibility index (Phi) is 6.61. The molecule has 0 N–H and O–H groups in total. The SMILES string of the molecule is Cc1cccc(OCc2ccc(C(=O)OCC(=O)c3ccc(Br)cc3)cc2)c1. The summed E-state index contributed by atoms with van der Waals surface area (Å²) in [4.78, 5) is 24.2. The highest BCUT2D eigenvalue weighted by molar-refractivity contribution is 9.10. The molecular formula is C23H19BrO4. The maximum absolute atomic E-state index is 12.1. The number of ketones is 1. The maximum Gasteiger partial charge on any atom is 0.338 e. The Labute approximate surface area is 172 Å². The molecule has 28 heavy (non-hydrogen) atoms. The lowest BCUT2D eigenvalue weighted by molar-refractivity contribution is 0.0474. The predicted octanol–water partition coefficient (Wildman–Crippen LogP) is 5.38. The lowest BCUT2D eigenvalue weighted by atomic mass is 10.1. The van der Waals surface area contributed by atoms with Crippen molar-refractivity contribution in [1.29, 1.82) is 0 Å². The summed E-state index contributed by atoms with van der Waals surface area (Å²) in [7, 11) is 0. The highest BCUT2D eigenvalue weighted by Crippen LogP contribution is 2.15. The summed E-state index contributed by atoms with van der Waals surface area (Å²) in [5.41, 5.74) is 2.96. The van der Waals surface area contributed by atoms with E-state index in [1.807, 2.05) is 43.3 Å². The van der Waals surface area contributed by atoms with Gasteiger partial charge in [0.05, 0.1) is 5.56 Å². The summed E-state index contributed by atoms with van der Waals surface area (Å²) < 4.78 is 11.8. The quantitative estimate of drug-likeness (QED) is 0.367. The first-order chi connectivity index (χ1) is 13.5. The predicted molar refractivity (Wildman–Crippen MR) is 111 cm³/mol. The molecule has 142 valence electrons. The zero-order chi connectivity index (χ0) is 19.9. The van der Waals surface area contributed by atoms with Crippen molar-refractivity contribution in [2.24, 2.45) is 0 Å². The van der Waals surface area contributed by atoms with Crippen LogP contribution in [-0.4, -0.2) is 18.4 Å². The van der Waals surface area contributed by atoms with Crippen LogP contribution in [0.2, 0.25) is 0 Å². The van der Waals surface area contributed by atoms with E-state index in [0.29, 0.717) is 17.7 Å². The van der Waals surface area contributed by atoms with Crippen LogP contribution in [0.4, 0.5) is 0 Å². The molecule has 5 heteroatoms. The maximum atomic E-state index is 12.1. The van der Waals surface area contributed by atoms with E-state index in [4.69, 9.17) is 9.47 Å². The minimum absolute atomic E-state index is 0.246. The Morgan fingerprint density at radius 3 is 2.25 bits per heavy atom. The molecule has 0 bridgehead atoms. The van der Waals surface area contributed by atoms with Gasteiger partial charge in [0.15, 0.2) is 12.4 Å². The number of rotatable bonds is 7. The molecule has 0 fully saturated rings. The summed E-state index contributed by atoms with van der Waals surface area (Å²) in [6, 6.07) is 21.7. The molecular weight excluding hydrogens is 420 g/mol. The molecule has 0 spiro atoms. The average molecular weight is 439 g/mol. The molecule has 3 aromatic carbocycles. The second-order valence-corrected chi connectivity index (χ2v) is 7.22. The number of carbonyl (C=O) groups excluding carboxylic acids is 2. The van der Waals surface area contributed by atoms with E-state index in [9.17, 15) is 9.59 Å². The van der Waals surface area contributed by atoms with Crippen molar-refractivity contribution in [3.8, 4) is 5.75 Å². The van der Waals surface area contributed by atoms with Crippen LogP contribution in [0.3, 0.4) is 0 Å². The molecule has 0 amide bonds. The van der Waals surface area contributed by atoms with Gasteiger partial charge < -0.3 is 9.47 Å². The van der Waals surface area contributed by atoms with Crippen LogP contribution in [0, 0.1) is 6.92 Å². The topological polar surface area (TPSA) is 52.6 Å². The normalized spacial score (nSPS) is 10.4. The summed E-state index contributed by atoms with van der Waals surface area (Å²) in [6.45, 7) is 2.12. The second-order valence-electron chi connectivity index (χ2n) is 6.31. The van der Waals surface area contributed by atoms with Gasteiger partial charge in [-0.05, 0) is 54.4 Å². The summed E-state index contributed by atoms with van der Waals surface area (Å²) in [5.74, 6) is 0.0237. The van der Waals surface area contributed by atoms with Crippen molar-refractivity contribution in [1.82, 2.24) is 0 Å². The van der Waals surface area contributed by atoms with E-state index in [2.05, 4.69) is 15.9 Å². The number of halogens is 1. The third-order valence-corrected chi connectivity index (χ3v) is 4.61. The third-order valence-electron chi connectivity index (χ3n) is 4.09. The molecule has 3 rings (SSSR count). The first kappa shape index (κ1) is 19.8. The lowest BCUT2D eigenvalue weighted by Gasteiger charge is -2.08. The first-order valence-corrected chi connectivity index (χ1v) is 9.55. The van der Waals surface area contributed by atoms with Crippen molar-refractivity contribution in [2.75, 3.05) is 6.61 Å².